The third kappa shape index (κ3) is 5.23. The largest absolute Gasteiger partial charge is 0.428 e. The molecule has 0 unspecified atom stereocenters. The van der Waals surface area contributed by atoms with Crippen molar-refractivity contribution in [2.45, 2.75) is 24.2 Å². The topological polar surface area (TPSA) is 85.8 Å². The monoisotopic (exact) mass is 463 g/mol. The first kappa shape index (κ1) is 21.3. The molecule has 1 aliphatic rings. The van der Waals surface area contributed by atoms with Gasteiger partial charge >= 0.3 is 6.18 Å². The molecule has 0 atom stereocenters. The van der Waals surface area contributed by atoms with Gasteiger partial charge in [0.25, 0.3) is 0 Å². The first-order valence-electron chi connectivity index (χ1n) is 9.05. The fourth-order valence-electron chi connectivity index (χ4n) is 2.92. The van der Waals surface area contributed by atoms with E-state index >= 15 is 0 Å². The molecule has 2 N–H and O–H groups in total. The van der Waals surface area contributed by atoms with E-state index in [0.29, 0.717) is 46.0 Å². The van der Waals surface area contributed by atoms with Crippen LogP contribution in [0.5, 0.6) is 10.9 Å². The fraction of sp³-hybridized carbons (Fsp3) is 0.200. The van der Waals surface area contributed by atoms with Crippen LogP contribution in [0.25, 0.3) is 0 Å². The summed E-state index contributed by atoms with van der Waals surface area (Å²) in [4.78, 5) is 9.21. The highest BCUT2D eigenvalue weighted by Crippen LogP contribution is 2.32. The fourth-order valence-corrected chi connectivity index (χ4v) is 4.14. The zero-order valence-electron chi connectivity index (χ0n) is 16.2. The SMILES string of the molecule is CSc1nc(N)cc(Oc2ccc(C3=NN=C(Cc4cccc(C(F)(F)F)c4)C3)s2)n1. The number of thioether (sulfide) groups is 1. The molecule has 0 bridgehead atoms. The maximum atomic E-state index is 12.9. The lowest BCUT2D eigenvalue weighted by Gasteiger charge is -2.08. The number of benzene rings is 1. The maximum absolute atomic E-state index is 12.9. The van der Waals surface area contributed by atoms with Gasteiger partial charge in [-0.1, -0.05) is 41.3 Å². The molecule has 1 aliphatic heterocycles. The third-order valence-corrected chi connectivity index (χ3v) is 5.86. The lowest BCUT2D eigenvalue weighted by molar-refractivity contribution is -0.137. The average molecular weight is 464 g/mol. The van der Waals surface area contributed by atoms with Crippen molar-refractivity contribution in [3.63, 3.8) is 0 Å². The second kappa shape index (κ2) is 8.67. The van der Waals surface area contributed by atoms with Gasteiger partial charge in [0.15, 0.2) is 10.2 Å². The molecular formula is C20H16F3N5OS2. The molecule has 0 radical (unpaired) electrons. The van der Waals surface area contributed by atoms with Crippen molar-refractivity contribution in [3.8, 4) is 10.9 Å². The summed E-state index contributed by atoms with van der Waals surface area (Å²) in [5.41, 5.74) is 7.10. The van der Waals surface area contributed by atoms with E-state index in [2.05, 4.69) is 20.2 Å². The van der Waals surface area contributed by atoms with E-state index in [-0.39, 0.29) is 0 Å². The number of aromatic nitrogens is 2. The number of alkyl halides is 3. The zero-order valence-corrected chi connectivity index (χ0v) is 17.8. The van der Waals surface area contributed by atoms with Gasteiger partial charge in [0.2, 0.25) is 5.88 Å². The molecule has 1 aromatic carbocycles. The molecule has 0 saturated heterocycles. The van der Waals surface area contributed by atoms with Crippen molar-refractivity contribution in [1.29, 1.82) is 0 Å². The van der Waals surface area contributed by atoms with E-state index in [1.807, 2.05) is 12.3 Å². The van der Waals surface area contributed by atoms with Crippen LogP contribution in [0.15, 0.2) is 57.8 Å². The zero-order chi connectivity index (χ0) is 22.0. The first-order valence-corrected chi connectivity index (χ1v) is 11.1. The van der Waals surface area contributed by atoms with Crippen molar-refractivity contribution >= 4 is 40.3 Å². The van der Waals surface area contributed by atoms with Gasteiger partial charge in [-0.05, 0) is 30.0 Å². The summed E-state index contributed by atoms with van der Waals surface area (Å²) >= 11 is 2.74. The average Bonchev–Trinajstić information content (AvgIpc) is 3.36. The van der Waals surface area contributed by atoms with Gasteiger partial charge in [-0.3, -0.25) is 0 Å². The van der Waals surface area contributed by atoms with Crippen molar-refractivity contribution in [1.82, 2.24) is 9.97 Å². The number of nitrogen functional groups attached to an aromatic ring is 1. The number of rotatable bonds is 6. The van der Waals surface area contributed by atoms with E-state index < -0.39 is 11.7 Å². The minimum atomic E-state index is -4.37. The molecular weight excluding hydrogens is 447 g/mol. The second-order valence-corrected chi connectivity index (χ2v) is 8.42. The molecule has 0 aliphatic carbocycles. The van der Waals surface area contributed by atoms with Gasteiger partial charge in [0.05, 0.1) is 21.9 Å². The Bertz CT molecular complexity index is 1170. The van der Waals surface area contributed by atoms with Crippen LogP contribution in [-0.4, -0.2) is 27.6 Å². The van der Waals surface area contributed by atoms with Crippen molar-refractivity contribution < 1.29 is 17.9 Å². The lowest BCUT2D eigenvalue weighted by Crippen LogP contribution is -2.08. The Labute approximate surface area is 184 Å². The van der Waals surface area contributed by atoms with Crippen molar-refractivity contribution in [2.75, 3.05) is 12.0 Å². The maximum Gasteiger partial charge on any atom is 0.416 e. The van der Waals surface area contributed by atoms with E-state index in [0.717, 1.165) is 22.7 Å². The minimum Gasteiger partial charge on any atom is -0.428 e. The van der Waals surface area contributed by atoms with Gasteiger partial charge in [-0.15, -0.1) is 0 Å². The van der Waals surface area contributed by atoms with E-state index in [9.17, 15) is 13.2 Å². The Morgan fingerprint density at radius 2 is 1.97 bits per heavy atom. The molecule has 3 heterocycles. The number of thiophene rings is 1. The highest BCUT2D eigenvalue weighted by molar-refractivity contribution is 7.98. The standard InChI is InChI=1S/C20H16F3N5OS2/c1-30-19-25-16(24)10-17(26-19)29-18-6-5-15(31-18)14-9-13(27-28-14)8-11-3-2-4-12(7-11)20(21,22)23/h2-7,10H,8-9H2,1H3,(H2,24,25,26). The van der Waals surface area contributed by atoms with Gasteiger partial charge in [-0.25, -0.2) is 4.98 Å². The number of ether oxygens (including phenoxy) is 1. The van der Waals surface area contributed by atoms with Crippen LogP contribution in [0.2, 0.25) is 0 Å². The molecule has 160 valence electrons. The number of halogens is 3. The Morgan fingerprint density at radius 1 is 1.13 bits per heavy atom. The Hall–Kier alpha value is -2.92. The highest BCUT2D eigenvalue weighted by Gasteiger charge is 2.30. The first-order chi connectivity index (χ1) is 14.8. The number of hydrogen-bond donors (Lipinski definition) is 1. The van der Waals surface area contributed by atoms with Crippen LogP contribution in [0.1, 0.15) is 22.4 Å². The number of nitrogens with two attached hydrogens (primary N) is 1. The van der Waals surface area contributed by atoms with Crippen molar-refractivity contribution in [2.24, 2.45) is 10.2 Å². The van der Waals surface area contributed by atoms with Gasteiger partial charge in [0.1, 0.15) is 5.82 Å². The van der Waals surface area contributed by atoms with Crippen LogP contribution < -0.4 is 10.5 Å². The molecule has 0 amide bonds. The number of hydrogen-bond acceptors (Lipinski definition) is 8. The molecule has 0 fully saturated rings. The summed E-state index contributed by atoms with van der Waals surface area (Å²) < 4.78 is 44.5. The van der Waals surface area contributed by atoms with E-state index in [4.69, 9.17) is 10.5 Å². The molecule has 31 heavy (non-hydrogen) atoms. The lowest BCUT2D eigenvalue weighted by atomic mass is 10.0. The summed E-state index contributed by atoms with van der Waals surface area (Å²) in [6.45, 7) is 0. The summed E-state index contributed by atoms with van der Waals surface area (Å²) in [6, 6.07) is 10.5. The van der Waals surface area contributed by atoms with Crippen LogP contribution in [0.3, 0.4) is 0 Å². The molecule has 0 spiro atoms. The molecule has 6 nitrogen and oxygen atoms in total. The smallest absolute Gasteiger partial charge is 0.416 e. The molecule has 11 heteroatoms. The predicted octanol–water partition coefficient (Wildman–Crippen LogP) is 5.44. The van der Waals surface area contributed by atoms with Gasteiger partial charge < -0.3 is 10.5 Å². The predicted molar refractivity (Wildman–Crippen MR) is 116 cm³/mol. The quantitative estimate of drug-likeness (QED) is 0.388. The normalized spacial score (nSPS) is 13.8. The molecule has 2 aromatic heterocycles. The Balaban J connectivity index is 1.40. The summed E-state index contributed by atoms with van der Waals surface area (Å²) in [7, 11) is 0. The number of nitrogens with zero attached hydrogens (tertiary/aromatic N) is 4. The number of anilines is 1. The molecule has 4 rings (SSSR count). The van der Waals surface area contributed by atoms with E-state index in [1.165, 1.54) is 29.2 Å². The van der Waals surface area contributed by atoms with Gasteiger partial charge in [-0.2, -0.15) is 28.4 Å². The summed E-state index contributed by atoms with van der Waals surface area (Å²) in [5, 5.41) is 9.48. The van der Waals surface area contributed by atoms with Crippen LogP contribution >= 0.6 is 23.1 Å². The summed E-state index contributed by atoms with van der Waals surface area (Å²) in [5.74, 6) is 0.666. The summed E-state index contributed by atoms with van der Waals surface area (Å²) in [6.07, 6.45) is -1.75. The highest BCUT2D eigenvalue weighted by atomic mass is 32.2. The minimum absolute atomic E-state index is 0.309. The van der Waals surface area contributed by atoms with E-state index in [1.54, 1.807) is 18.2 Å². The Kier molecular flexibility index (Phi) is 5.96. The van der Waals surface area contributed by atoms with Crippen LogP contribution in [-0.2, 0) is 12.6 Å². The Morgan fingerprint density at radius 3 is 2.74 bits per heavy atom. The molecule has 3 aromatic rings. The van der Waals surface area contributed by atoms with Gasteiger partial charge in [0, 0.05) is 18.9 Å². The second-order valence-electron chi connectivity index (χ2n) is 6.60. The van der Waals surface area contributed by atoms with Crippen molar-refractivity contribution in [3.05, 3.63) is 58.5 Å². The third-order valence-electron chi connectivity index (χ3n) is 4.30. The van der Waals surface area contributed by atoms with Crippen LogP contribution in [0.4, 0.5) is 19.0 Å². The molecule has 0 saturated carbocycles. The van der Waals surface area contributed by atoms with Crippen LogP contribution in [0, 0.1) is 0 Å².